The average Bonchev–Trinajstić information content (AvgIpc) is 2.72. The topological polar surface area (TPSA) is 58.6 Å². The smallest absolute Gasteiger partial charge is 0.260 e. The quantitative estimate of drug-likeness (QED) is 0.810. The van der Waals surface area contributed by atoms with Crippen molar-refractivity contribution in [1.29, 1.82) is 0 Å². The van der Waals surface area contributed by atoms with Crippen LogP contribution in [0.3, 0.4) is 0 Å². The summed E-state index contributed by atoms with van der Waals surface area (Å²) < 4.78 is 18.8. The standard InChI is InChI=1S/C24H29FN2O3/c1-24(2,3)20-6-4-5-7-21(20)30-16-22(28)27-14-12-19(13-15-27)26-23(29)17-8-10-18(25)11-9-17/h4-11,19H,12-16H2,1-3H3,(H,26,29). The molecule has 5 nitrogen and oxygen atoms in total. The molecule has 0 spiro atoms. The van der Waals surface area contributed by atoms with Gasteiger partial charge in [0.15, 0.2) is 6.61 Å². The summed E-state index contributed by atoms with van der Waals surface area (Å²) in [6.07, 6.45) is 1.36. The van der Waals surface area contributed by atoms with Crippen LogP contribution in [0.15, 0.2) is 48.5 Å². The minimum Gasteiger partial charge on any atom is -0.483 e. The van der Waals surface area contributed by atoms with Gasteiger partial charge >= 0.3 is 0 Å². The minimum absolute atomic E-state index is 0.000299. The Labute approximate surface area is 177 Å². The molecule has 0 radical (unpaired) electrons. The highest BCUT2D eigenvalue weighted by Crippen LogP contribution is 2.31. The molecule has 0 unspecified atom stereocenters. The van der Waals surface area contributed by atoms with Crippen molar-refractivity contribution in [2.45, 2.75) is 45.1 Å². The van der Waals surface area contributed by atoms with Gasteiger partial charge in [-0.25, -0.2) is 4.39 Å². The fourth-order valence-corrected chi connectivity index (χ4v) is 3.59. The van der Waals surface area contributed by atoms with E-state index in [0.29, 0.717) is 31.5 Å². The van der Waals surface area contributed by atoms with E-state index in [2.05, 4.69) is 26.1 Å². The Morgan fingerprint density at radius 3 is 2.33 bits per heavy atom. The number of halogens is 1. The summed E-state index contributed by atoms with van der Waals surface area (Å²) in [6, 6.07) is 13.3. The lowest BCUT2D eigenvalue weighted by Gasteiger charge is -2.32. The fraction of sp³-hybridized carbons (Fsp3) is 0.417. The summed E-state index contributed by atoms with van der Waals surface area (Å²) in [4.78, 5) is 26.6. The summed E-state index contributed by atoms with van der Waals surface area (Å²) >= 11 is 0. The molecule has 1 heterocycles. The molecule has 2 aromatic rings. The third kappa shape index (κ3) is 5.59. The van der Waals surface area contributed by atoms with Crippen LogP contribution in [0, 0.1) is 5.82 Å². The Bertz CT molecular complexity index is 882. The van der Waals surface area contributed by atoms with E-state index in [1.54, 1.807) is 4.90 Å². The van der Waals surface area contributed by atoms with Gasteiger partial charge in [0.25, 0.3) is 11.8 Å². The van der Waals surface area contributed by atoms with Crippen LogP contribution in [0.2, 0.25) is 0 Å². The zero-order chi connectivity index (χ0) is 21.7. The van der Waals surface area contributed by atoms with E-state index in [1.807, 2.05) is 24.3 Å². The Hall–Kier alpha value is -2.89. The number of nitrogens with one attached hydrogen (secondary N) is 1. The van der Waals surface area contributed by atoms with Crippen LogP contribution in [0.4, 0.5) is 4.39 Å². The van der Waals surface area contributed by atoms with Crippen LogP contribution >= 0.6 is 0 Å². The lowest BCUT2D eigenvalue weighted by atomic mass is 9.86. The predicted octanol–water partition coefficient (Wildman–Crippen LogP) is 3.92. The first-order valence-electron chi connectivity index (χ1n) is 10.3. The second kappa shape index (κ2) is 9.28. The maximum absolute atomic E-state index is 13.0. The van der Waals surface area contributed by atoms with Crippen LogP contribution in [0.25, 0.3) is 0 Å². The zero-order valence-electron chi connectivity index (χ0n) is 17.8. The van der Waals surface area contributed by atoms with Crippen molar-refractivity contribution in [3.05, 3.63) is 65.5 Å². The van der Waals surface area contributed by atoms with Gasteiger partial charge in [-0.1, -0.05) is 39.0 Å². The number of benzene rings is 2. The largest absolute Gasteiger partial charge is 0.483 e. The molecule has 1 aliphatic heterocycles. The van der Waals surface area contributed by atoms with Crippen LogP contribution in [-0.4, -0.2) is 42.5 Å². The number of rotatable bonds is 5. The van der Waals surface area contributed by atoms with E-state index in [1.165, 1.54) is 24.3 Å². The van der Waals surface area contributed by atoms with Gasteiger partial charge in [-0.15, -0.1) is 0 Å². The highest BCUT2D eigenvalue weighted by molar-refractivity contribution is 5.94. The van der Waals surface area contributed by atoms with Crippen LogP contribution in [0.5, 0.6) is 5.75 Å². The van der Waals surface area contributed by atoms with Crippen molar-refractivity contribution < 1.29 is 18.7 Å². The summed E-state index contributed by atoms with van der Waals surface area (Å²) in [5.41, 5.74) is 1.43. The zero-order valence-corrected chi connectivity index (χ0v) is 17.8. The van der Waals surface area contributed by atoms with Gasteiger partial charge in [0.1, 0.15) is 11.6 Å². The number of nitrogens with zero attached hydrogens (tertiary/aromatic N) is 1. The molecule has 2 amide bonds. The van der Waals surface area contributed by atoms with Crippen molar-refractivity contribution >= 4 is 11.8 Å². The van der Waals surface area contributed by atoms with E-state index in [9.17, 15) is 14.0 Å². The number of piperidine rings is 1. The van der Waals surface area contributed by atoms with E-state index >= 15 is 0 Å². The Morgan fingerprint density at radius 2 is 1.70 bits per heavy atom. The van der Waals surface area contributed by atoms with Gasteiger partial charge in [0.2, 0.25) is 0 Å². The second-order valence-electron chi connectivity index (χ2n) is 8.67. The summed E-state index contributed by atoms with van der Waals surface area (Å²) in [5.74, 6) is 0.0921. The van der Waals surface area contributed by atoms with Gasteiger partial charge < -0.3 is 15.0 Å². The van der Waals surface area contributed by atoms with E-state index in [4.69, 9.17) is 4.74 Å². The molecule has 0 aromatic heterocycles. The lowest BCUT2D eigenvalue weighted by molar-refractivity contribution is -0.134. The molecule has 1 aliphatic rings. The molecule has 1 saturated heterocycles. The third-order valence-electron chi connectivity index (χ3n) is 5.34. The van der Waals surface area contributed by atoms with Crippen molar-refractivity contribution in [2.24, 2.45) is 0 Å². The van der Waals surface area contributed by atoms with Crippen LogP contribution < -0.4 is 10.1 Å². The van der Waals surface area contributed by atoms with E-state index < -0.39 is 0 Å². The predicted molar refractivity (Wildman–Crippen MR) is 114 cm³/mol. The first kappa shape index (κ1) is 21.8. The number of carbonyl (C=O) groups excluding carboxylic acids is 2. The molecule has 6 heteroatoms. The van der Waals surface area contributed by atoms with Gasteiger partial charge in [0.05, 0.1) is 0 Å². The maximum atomic E-state index is 13.0. The van der Waals surface area contributed by atoms with Crippen molar-refractivity contribution in [2.75, 3.05) is 19.7 Å². The number of ether oxygens (including phenoxy) is 1. The highest BCUT2D eigenvalue weighted by atomic mass is 19.1. The summed E-state index contributed by atoms with van der Waals surface area (Å²) in [5, 5.41) is 2.97. The van der Waals surface area contributed by atoms with E-state index in [-0.39, 0.29) is 35.7 Å². The van der Waals surface area contributed by atoms with Crippen LogP contribution in [0.1, 0.15) is 49.5 Å². The minimum atomic E-state index is -0.370. The molecule has 0 aliphatic carbocycles. The molecule has 1 N–H and O–H groups in total. The number of likely N-dealkylation sites (tertiary alicyclic amines) is 1. The van der Waals surface area contributed by atoms with Crippen molar-refractivity contribution in [1.82, 2.24) is 10.2 Å². The fourth-order valence-electron chi connectivity index (χ4n) is 3.59. The average molecular weight is 413 g/mol. The molecule has 3 rings (SSSR count). The molecular weight excluding hydrogens is 383 g/mol. The Morgan fingerprint density at radius 1 is 1.07 bits per heavy atom. The number of carbonyl (C=O) groups is 2. The van der Waals surface area contributed by atoms with Crippen molar-refractivity contribution in [3.63, 3.8) is 0 Å². The summed E-state index contributed by atoms with van der Waals surface area (Å²) in [6.45, 7) is 7.47. The number of amides is 2. The highest BCUT2D eigenvalue weighted by Gasteiger charge is 2.25. The molecule has 30 heavy (non-hydrogen) atoms. The number of hydrogen-bond acceptors (Lipinski definition) is 3. The Kier molecular flexibility index (Phi) is 6.75. The van der Waals surface area contributed by atoms with Crippen LogP contribution in [-0.2, 0) is 10.2 Å². The van der Waals surface area contributed by atoms with Gasteiger partial charge in [-0.3, -0.25) is 9.59 Å². The molecule has 0 saturated carbocycles. The molecular formula is C24H29FN2O3. The molecule has 0 bridgehead atoms. The first-order chi connectivity index (χ1) is 14.2. The van der Waals surface area contributed by atoms with Gasteiger partial charge in [-0.2, -0.15) is 0 Å². The van der Waals surface area contributed by atoms with Gasteiger partial charge in [0, 0.05) is 24.7 Å². The molecule has 0 atom stereocenters. The lowest BCUT2D eigenvalue weighted by Crippen LogP contribution is -2.47. The molecule has 2 aromatic carbocycles. The monoisotopic (exact) mass is 412 g/mol. The van der Waals surface area contributed by atoms with Crippen molar-refractivity contribution in [3.8, 4) is 5.75 Å². The van der Waals surface area contributed by atoms with Gasteiger partial charge in [-0.05, 0) is 54.2 Å². The Balaban J connectivity index is 1.48. The number of para-hydroxylation sites is 1. The SMILES string of the molecule is CC(C)(C)c1ccccc1OCC(=O)N1CCC(NC(=O)c2ccc(F)cc2)CC1. The van der Waals surface area contributed by atoms with E-state index in [0.717, 1.165) is 11.3 Å². The second-order valence-corrected chi connectivity index (χ2v) is 8.67. The molecule has 1 fully saturated rings. The number of hydrogen-bond donors (Lipinski definition) is 1. The summed E-state index contributed by atoms with van der Waals surface area (Å²) in [7, 11) is 0. The molecule has 160 valence electrons. The first-order valence-corrected chi connectivity index (χ1v) is 10.3. The maximum Gasteiger partial charge on any atom is 0.260 e. The normalized spacial score (nSPS) is 15.0. The third-order valence-corrected chi connectivity index (χ3v) is 5.34.